The van der Waals surface area contributed by atoms with Gasteiger partial charge >= 0.3 is 0 Å². The Morgan fingerprint density at radius 1 is 1.18 bits per heavy atom. The van der Waals surface area contributed by atoms with Crippen molar-refractivity contribution in [1.29, 1.82) is 0 Å². The number of thiophene rings is 1. The second-order valence-electron chi connectivity index (χ2n) is 5.64. The zero-order valence-electron chi connectivity index (χ0n) is 12.5. The summed E-state index contributed by atoms with van der Waals surface area (Å²) >= 11 is 3.51. The second kappa shape index (κ2) is 7.84. The number of rotatable bonds is 6. The topological polar surface area (TPSA) is 29.1 Å². The summed E-state index contributed by atoms with van der Waals surface area (Å²) in [5, 5.41) is 5.95. The van der Waals surface area contributed by atoms with Gasteiger partial charge in [0.2, 0.25) is 5.91 Å². The van der Waals surface area contributed by atoms with Gasteiger partial charge in [0.25, 0.3) is 0 Å². The molecule has 1 fully saturated rings. The van der Waals surface area contributed by atoms with Gasteiger partial charge in [-0.05, 0) is 29.9 Å². The van der Waals surface area contributed by atoms with Crippen molar-refractivity contribution >= 4 is 29.0 Å². The Balaban J connectivity index is 1.64. The summed E-state index contributed by atoms with van der Waals surface area (Å²) < 4.78 is 0. The standard InChI is InChI=1S/C18H21NOS2/c20-17(13-22-15-9-4-5-10-15)19-18(16-11-6-12-21-16)14-7-2-1-3-8-14/h1-3,6-8,11-12,15,18H,4-5,9-10,13H2,(H,19,20)/t18-/m1/s1. The first-order valence-corrected chi connectivity index (χ1v) is 9.75. The summed E-state index contributed by atoms with van der Waals surface area (Å²) in [6, 6.07) is 14.3. The van der Waals surface area contributed by atoms with E-state index in [9.17, 15) is 4.79 Å². The summed E-state index contributed by atoms with van der Waals surface area (Å²) in [6.07, 6.45) is 5.18. The molecule has 1 N–H and O–H groups in total. The molecule has 1 saturated carbocycles. The minimum atomic E-state index is -0.0297. The molecule has 0 bridgehead atoms. The molecule has 1 aliphatic carbocycles. The lowest BCUT2D eigenvalue weighted by Gasteiger charge is -2.18. The predicted molar refractivity (Wildman–Crippen MR) is 95.5 cm³/mol. The highest BCUT2D eigenvalue weighted by Crippen LogP contribution is 2.30. The fraction of sp³-hybridized carbons (Fsp3) is 0.389. The van der Waals surface area contributed by atoms with Gasteiger partial charge in [-0.2, -0.15) is 0 Å². The number of carbonyl (C=O) groups is 1. The van der Waals surface area contributed by atoms with E-state index in [-0.39, 0.29) is 11.9 Å². The van der Waals surface area contributed by atoms with Gasteiger partial charge in [-0.15, -0.1) is 23.1 Å². The quantitative estimate of drug-likeness (QED) is 0.836. The number of carbonyl (C=O) groups excluding carboxylic acids is 1. The highest BCUT2D eigenvalue weighted by molar-refractivity contribution is 8.00. The lowest BCUT2D eigenvalue weighted by molar-refractivity contribution is -0.119. The molecule has 3 rings (SSSR count). The van der Waals surface area contributed by atoms with Gasteiger partial charge in [0.15, 0.2) is 0 Å². The molecule has 1 aromatic carbocycles. The molecule has 1 atom stereocenters. The number of hydrogen-bond donors (Lipinski definition) is 1. The van der Waals surface area contributed by atoms with E-state index in [1.165, 1.54) is 30.6 Å². The normalized spacial score (nSPS) is 16.5. The van der Waals surface area contributed by atoms with Crippen LogP contribution in [0.3, 0.4) is 0 Å². The van der Waals surface area contributed by atoms with E-state index in [0.717, 1.165) is 5.56 Å². The average molecular weight is 332 g/mol. The Bertz CT molecular complexity index is 576. The van der Waals surface area contributed by atoms with Crippen molar-refractivity contribution in [2.45, 2.75) is 37.0 Å². The van der Waals surface area contributed by atoms with Gasteiger partial charge in [0, 0.05) is 10.1 Å². The lowest BCUT2D eigenvalue weighted by atomic mass is 10.1. The first-order chi connectivity index (χ1) is 10.8. The summed E-state index contributed by atoms with van der Waals surface area (Å²) in [5.41, 5.74) is 1.14. The molecule has 0 aliphatic heterocycles. The average Bonchev–Trinajstić information content (AvgIpc) is 3.25. The van der Waals surface area contributed by atoms with Crippen molar-refractivity contribution in [3.8, 4) is 0 Å². The summed E-state index contributed by atoms with van der Waals surface area (Å²) in [5.74, 6) is 0.707. The first-order valence-electron chi connectivity index (χ1n) is 7.82. The zero-order chi connectivity index (χ0) is 15.2. The van der Waals surface area contributed by atoms with Crippen molar-refractivity contribution in [3.05, 3.63) is 58.3 Å². The minimum absolute atomic E-state index is 0.0297. The van der Waals surface area contributed by atoms with Crippen LogP contribution in [0.1, 0.15) is 42.2 Å². The predicted octanol–water partition coefficient (Wildman–Crippen LogP) is 4.63. The third kappa shape index (κ3) is 4.14. The van der Waals surface area contributed by atoms with E-state index < -0.39 is 0 Å². The zero-order valence-corrected chi connectivity index (χ0v) is 14.2. The van der Waals surface area contributed by atoms with Crippen molar-refractivity contribution in [2.24, 2.45) is 0 Å². The van der Waals surface area contributed by atoms with Crippen LogP contribution in [0.15, 0.2) is 47.8 Å². The Morgan fingerprint density at radius 3 is 2.64 bits per heavy atom. The Labute approximate surface area is 140 Å². The maximum absolute atomic E-state index is 12.4. The van der Waals surface area contributed by atoms with Gasteiger partial charge in [-0.1, -0.05) is 49.2 Å². The van der Waals surface area contributed by atoms with E-state index in [2.05, 4.69) is 28.9 Å². The van der Waals surface area contributed by atoms with Crippen molar-refractivity contribution in [3.63, 3.8) is 0 Å². The van der Waals surface area contributed by atoms with Crippen LogP contribution in [0.2, 0.25) is 0 Å². The van der Waals surface area contributed by atoms with E-state index in [0.29, 0.717) is 11.0 Å². The lowest BCUT2D eigenvalue weighted by Crippen LogP contribution is -2.30. The van der Waals surface area contributed by atoms with Gasteiger partial charge in [0.1, 0.15) is 0 Å². The molecule has 0 saturated heterocycles. The Hall–Kier alpha value is -1.26. The molecule has 4 heteroatoms. The van der Waals surface area contributed by atoms with Crippen LogP contribution < -0.4 is 5.32 Å². The molecular formula is C18H21NOS2. The van der Waals surface area contributed by atoms with Gasteiger partial charge < -0.3 is 5.32 Å². The molecule has 1 heterocycles. The van der Waals surface area contributed by atoms with Crippen LogP contribution in [0.4, 0.5) is 0 Å². The fourth-order valence-corrected chi connectivity index (χ4v) is 4.81. The summed E-state index contributed by atoms with van der Waals surface area (Å²) in [6.45, 7) is 0. The maximum Gasteiger partial charge on any atom is 0.230 e. The highest BCUT2D eigenvalue weighted by atomic mass is 32.2. The Morgan fingerprint density at radius 2 is 1.95 bits per heavy atom. The monoisotopic (exact) mass is 331 g/mol. The molecule has 1 amide bonds. The van der Waals surface area contributed by atoms with Crippen molar-refractivity contribution in [1.82, 2.24) is 5.32 Å². The minimum Gasteiger partial charge on any atom is -0.344 e. The van der Waals surface area contributed by atoms with Crippen LogP contribution >= 0.6 is 23.1 Å². The molecule has 22 heavy (non-hydrogen) atoms. The fourth-order valence-electron chi connectivity index (χ4n) is 2.87. The van der Waals surface area contributed by atoms with Gasteiger partial charge in [-0.25, -0.2) is 0 Å². The SMILES string of the molecule is O=C(CSC1CCCC1)N[C@H](c1ccccc1)c1cccs1. The number of benzene rings is 1. The molecule has 1 aromatic heterocycles. The van der Waals surface area contributed by atoms with Crippen LogP contribution in [0.25, 0.3) is 0 Å². The van der Waals surface area contributed by atoms with E-state index >= 15 is 0 Å². The molecule has 2 aromatic rings. The van der Waals surface area contributed by atoms with E-state index in [4.69, 9.17) is 0 Å². The van der Waals surface area contributed by atoms with Crippen LogP contribution in [0, 0.1) is 0 Å². The molecule has 0 radical (unpaired) electrons. The van der Waals surface area contributed by atoms with Gasteiger partial charge in [-0.3, -0.25) is 4.79 Å². The van der Waals surface area contributed by atoms with E-state index in [1.807, 2.05) is 36.0 Å². The molecule has 116 valence electrons. The van der Waals surface area contributed by atoms with E-state index in [1.54, 1.807) is 11.3 Å². The Kier molecular flexibility index (Phi) is 5.57. The number of hydrogen-bond acceptors (Lipinski definition) is 3. The van der Waals surface area contributed by atoms with Gasteiger partial charge in [0.05, 0.1) is 11.8 Å². The second-order valence-corrected chi connectivity index (χ2v) is 7.91. The summed E-state index contributed by atoms with van der Waals surface area (Å²) in [7, 11) is 0. The van der Waals surface area contributed by atoms with Crippen LogP contribution in [-0.4, -0.2) is 16.9 Å². The molecule has 1 aliphatic rings. The molecule has 0 spiro atoms. The van der Waals surface area contributed by atoms with Crippen LogP contribution in [0.5, 0.6) is 0 Å². The highest BCUT2D eigenvalue weighted by Gasteiger charge is 2.20. The molecule has 2 nitrogen and oxygen atoms in total. The van der Waals surface area contributed by atoms with Crippen molar-refractivity contribution < 1.29 is 4.79 Å². The molecular weight excluding hydrogens is 310 g/mol. The maximum atomic E-state index is 12.4. The third-order valence-electron chi connectivity index (χ3n) is 4.02. The van der Waals surface area contributed by atoms with Crippen LogP contribution in [-0.2, 0) is 4.79 Å². The molecule has 0 unspecified atom stereocenters. The van der Waals surface area contributed by atoms with Crippen molar-refractivity contribution in [2.75, 3.05) is 5.75 Å². The summed E-state index contributed by atoms with van der Waals surface area (Å²) in [4.78, 5) is 13.5. The largest absolute Gasteiger partial charge is 0.344 e. The number of thioether (sulfide) groups is 1. The first kappa shape index (κ1) is 15.6. The smallest absolute Gasteiger partial charge is 0.230 e. The number of nitrogens with one attached hydrogen (secondary N) is 1. The number of amides is 1. The third-order valence-corrected chi connectivity index (χ3v) is 6.33.